The average molecular weight is 403 g/mol. The monoisotopic (exact) mass is 402 g/mol. The third-order valence-corrected chi connectivity index (χ3v) is 4.84. The number of rotatable bonds is 13. The van der Waals surface area contributed by atoms with E-state index in [9.17, 15) is 9.59 Å². The average Bonchev–Trinajstić information content (AvgIpc) is 2.61. The summed E-state index contributed by atoms with van der Waals surface area (Å²) in [7, 11) is 1.37. The standard InChI is InChI=1S/C19H34N2O3S2/c1-4-6-8-10-12-14-16(22)20-18(25)19(26)21(24-3)17(23)15-13-11-9-7-5-2/h4-15H2,1-3H3,(H,20,22,25). The van der Waals surface area contributed by atoms with E-state index < -0.39 is 0 Å². The molecule has 2 amide bonds. The lowest BCUT2D eigenvalue weighted by molar-refractivity contribution is -0.155. The molecule has 26 heavy (non-hydrogen) atoms. The van der Waals surface area contributed by atoms with Gasteiger partial charge in [-0.2, -0.15) is 5.06 Å². The molecular weight excluding hydrogens is 368 g/mol. The lowest BCUT2D eigenvalue weighted by Crippen LogP contribution is -2.45. The van der Waals surface area contributed by atoms with Gasteiger partial charge in [0.15, 0.2) is 4.99 Å². The molecule has 0 aromatic heterocycles. The molecule has 7 heteroatoms. The molecule has 0 aliphatic rings. The van der Waals surface area contributed by atoms with Crippen LogP contribution in [0.1, 0.15) is 90.9 Å². The van der Waals surface area contributed by atoms with E-state index in [-0.39, 0.29) is 21.8 Å². The zero-order valence-electron chi connectivity index (χ0n) is 16.5. The molecular formula is C19H34N2O3S2. The maximum Gasteiger partial charge on any atom is 0.251 e. The second-order valence-electron chi connectivity index (χ2n) is 6.38. The molecule has 0 saturated heterocycles. The molecule has 5 nitrogen and oxygen atoms in total. The highest BCUT2D eigenvalue weighted by Crippen LogP contribution is 2.09. The number of nitrogens with one attached hydrogen (secondary N) is 1. The Morgan fingerprint density at radius 2 is 1.35 bits per heavy atom. The van der Waals surface area contributed by atoms with E-state index in [1.807, 2.05) is 0 Å². The van der Waals surface area contributed by atoms with Gasteiger partial charge in [-0.15, -0.1) is 0 Å². The predicted octanol–water partition coefficient (Wildman–Crippen LogP) is 4.87. The molecule has 0 rings (SSSR count). The normalized spacial score (nSPS) is 10.4. The van der Waals surface area contributed by atoms with Crippen molar-refractivity contribution in [1.29, 1.82) is 0 Å². The number of amides is 2. The first-order chi connectivity index (χ1) is 12.5. The van der Waals surface area contributed by atoms with Gasteiger partial charge < -0.3 is 5.32 Å². The smallest absolute Gasteiger partial charge is 0.251 e. The van der Waals surface area contributed by atoms with Gasteiger partial charge in [-0.05, 0) is 12.8 Å². The third-order valence-electron chi connectivity index (χ3n) is 4.04. The Hall–Kier alpha value is -0.920. The summed E-state index contributed by atoms with van der Waals surface area (Å²) in [4.78, 5) is 29.4. The summed E-state index contributed by atoms with van der Waals surface area (Å²) in [5, 5.41) is 3.61. The van der Waals surface area contributed by atoms with Crippen LogP contribution in [0.3, 0.4) is 0 Å². The zero-order valence-corrected chi connectivity index (χ0v) is 18.1. The minimum Gasteiger partial charge on any atom is -0.315 e. The number of hydroxylamine groups is 2. The topological polar surface area (TPSA) is 58.6 Å². The molecule has 0 aromatic rings. The Kier molecular flexibility index (Phi) is 15.7. The van der Waals surface area contributed by atoms with Crippen molar-refractivity contribution in [3.63, 3.8) is 0 Å². The van der Waals surface area contributed by atoms with Gasteiger partial charge >= 0.3 is 0 Å². The van der Waals surface area contributed by atoms with Gasteiger partial charge in [-0.3, -0.25) is 14.4 Å². The summed E-state index contributed by atoms with van der Waals surface area (Å²) in [5.74, 6) is -0.401. The van der Waals surface area contributed by atoms with E-state index in [1.165, 1.54) is 26.4 Å². The Bertz CT molecular complexity index is 456. The largest absolute Gasteiger partial charge is 0.315 e. The van der Waals surface area contributed by atoms with Crippen molar-refractivity contribution in [2.45, 2.75) is 90.9 Å². The van der Waals surface area contributed by atoms with Gasteiger partial charge in [-0.25, -0.2) is 0 Å². The molecule has 0 atom stereocenters. The van der Waals surface area contributed by atoms with Crippen molar-refractivity contribution < 1.29 is 14.4 Å². The van der Waals surface area contributed by atoms with Crippen molar-refractivity contribution in [1.82, 2.24) is 10.4 Å². The van der Waals surface area contributed by atoms with Crippen molar-refractivity contribution >= 4 is 46.2 Å². The lowest BCUT2D eigenvalue weighted by atomic mass is 10.1. The van der Waals surface area contributed by atoms with Crippen LogP contribution >= 0.6 is 24.4 Å². The molecule has 0 radical (unpaired) electrons. The molecule has 0 unspecified atom stereocenters. The summed E-state index contributed by atoms with van der Waals surface area (Å²) in [5.41, 5.74) is 0. The Morgan fingerprint density at radius 1 is 0.846 bits per heavy atom. The van der Waals surface area contributed by atoms with Crippen LogP contribution < -0.4 is 5.32 Å². The first kappa shape index (κ1) is 25.1. The number of hydrogen-bond donors (Lipinski definition) is 1. The Morgan fingerprint density at radius 3 is 1.85 bits per heavy atom. The third kappa shape index (κ3) is 11.6. The van der Waals surface area contributed by atoms with E-state index >= 15 is 0 Å². The van der Waals surface area contributed by atoms with E-state index in [2.05, 4.69) is 19.2 Å². The molecule has 0 fully saturated rings. The summed E-state index contributed by atoms with van der Waals surface area (Å²) in [6.45, 7) is 4.30. The van der Waals surface area contributed by atoms with Gasteiger partial charge in [0.25, 0.3) is 5.91 Å². The Labute approximate surface area is 169 Å². The van der Waals surface area contributed by atoms with Gasteiger partial charge in [0.05, 0.1) is 7.11 Å². The first-order valence-corrected chi connectivity index (χ1v) is 10.5. The molecule has 0 aliphatic heterocycles. The zero-order chi connectivity index (χ0) is 19.8. The van der Waals surface area contributed by atoms with Gasteiger partial charge in [0.1, 0.15) is 4.99 Å². The van der Waals surface area contributed by atoms with Crippen LogP contribution in [0.15, 0.2) is 0 Å². The second kappa shape index (κ2) is 16.3. The van der Waals surface area contributed by atoms with Crippen molar-refractivity contribution in [3.05, 3.63) is 0 Å². The van der Waals surface area contributed by atoms with Gasteiger partial charge in [0.2, 0.25) is 5.91 Å². The molecule has 0 spiro atoms. The van der Waals surface area contributed by atoms with Crippen molar-refractivity contribution in [3.8, 4) is 0 Å². The van der Waals surface area contributed by atoms with Crippen LogP contribution in [0.4, 0.5) is 0 Å². The summed E-state index contributed by atoms with van der Waals surface area (Å²) in [6.07, 6.45) is 11.4. The predicted molar refractivity (Wildman–Crippen MR) is 114 cm³/mol. The number of carbonyl (C=O) groups is 2. The number of unbranched alkanes of at least 4 members (excludes halogenated alkanes) is 8. The molecule has 0 aliphatic carbocycles. The Balaban J connectivity index is 4.24. The van der Waals surface area contributed by atoms with E-state index in [1.54, 1.807) is 0 Å². The van der Waals surface area contributed by atoms with Crippen LogP contribution in [0, 0.1) is 0 Å². The lowest BCUT2D eigenvalue weighted by Gasteiger charge is -2.21. The SMILES string of the molecule is CCCCCCCC(=O)NC(=S)C(=S)N(OC)C(=O)CCCCCCC. The minimum absolute atomic E-state index is 0.0420. The van der Waals surface area contributed by atoms with E-state index in [0.717, 1.165) is 50.0 Å². The molecule has 1 N–H and O–H groups in total. The number of nitrogens with zero attached hydrogens (tertiary/aromatic N) is 1. The fraction of sp³-hybridized carbons (Fsp3) is 0.789. The van der Waals surface area contributed by atoms with Crippen LogP contribution in [0.2, 0.25) is 0 Å². The highest BCUT2D eigenvalue weighted by molar-refractivity contribution is 7.89. The highest BCUT2D eigenvalue weighted by Gasteiger charge is 2.22. The summed E-state index contributed by atoms with van der Waals surface area (Å²) >= 11 is 10.4. The van der Waals surface area contributed by atoms with Crippen molar-refractivity contribution in [2.75, 3.05) is 7.11 Å². The molecule has 0 saturated carbocycles. The van der Waals surface area contributed by atoms with Crippen LogP contribution in [-0.2, 0) is 14.4 Å². The van der Waals surface area contributed by atoms with Gasteiger partial charge in [-0.1, -0.05) is 89.6 Å². The molecule has 0 aromatic carbocycles. The fourth-order valence-corrected chi connectivity index (χ4v) is 2.93. The number of thiocarbonyl (C=S) groups is 2. The maximum absolute atomic E-state index is 12.3. The van der Waals surface area contributed by atoms with Crippen LogP contribution in [0.25, 0.3) is 0 Å². The van der Waals surface area contributed by atoms with Crippen molar-refractivity contribution in [2.24, 2.45) is 0 Å². The van der Waals surface area contributed by atoms with E-state index in [4.69, 9.17) is 29.3 Å². The molecule has 0 heterocycles. The maximum atomic E-state index is 12.3. The molecule has 150 valence electrons. The minimum atomic E-state index is -0.231. The quantitative estimate of drug-likeness (QED) is 0.271. The highest BCUT2D eigenvalue weighted by atomic mass is 32.1. The van der Waals surface area contributed by atoms with Crippen LogP contribution in [-0.4, -0.2) is 34.0 Å². The van der Waals surface area contributed by atoms with Gasteiger partial charge in [0, 0.05) is 12.8 Å². The summed E-state index contributed by atoms with van der Waals surface area (Å²) < 4.78 is 0. The van der Waals surface area contributed by atoms with E-state index in [0.29, 0.717) is 12.8 Å². The second-order valence-corrected chi connectivity index (χ2v) is 7.18. The number of hydrogen-bond acceptors (Lipinski definition) is 5. The first-order valence-electron chi connectivity index (χ1n) is 9.73. The summed E-state index contributed by atoms with van der Waals surface area (Å²) in [6, 6.07) is 0. The molecule has 0 bridgehead atoms. The van der Waals surface area contributed by atoms with Crippen LogP contribution in [0.5, 0.6) is 0 Å². The fourth-order valence-electron chi connectivity index (χ4n) is 2.50. The number of carbonyl (C=O) groups excluding carboxylic acids is 2.